The fourth-order valence-electron chi connectivity index (χ4n) is 1.87. The first kappa shape index (κ1) is 14.5. The zero-order chi connectivity index (χ0) is 14.7. The van der Waals surface area contributed by atoms with E-state index in [1.165, 1.54) is 18.2 Å². The second-order valence-electron chi connectivity index (χ2n) is 4.57. The Balaban J connectivity index is 2.12. The zero-order valence-electron chi connectivity index (χ0n) is 11.2. The van der Waals surface area contributed by atoms with E-state index in [4.69, 9.17) is 11.6 Å². The second kappa shape index (κ2) is 6.01. The molecule has 3 nitrogen and oxygen atoms in total. The summed E-state index contributed by atoms with van der Waals surface area (Å²) in [5, 5.41) is 3.12. The molecule has 1 aromatic carbocycles. The molecule has 1 heterocycles. The van der Waals surface area contributed by atoms with Gasteiger partial charge in [0.1, 0.15) is 11.0 Å². The molecule has 1 unspecified atom stereocenters. The number of nitrogens with zero attached hydrogens (tertiary/aromatic N) is 1. The van der Waals surface area contributed by atoms with Crippen molar-refractivity contribution in [3.8, 4) is 0 Å². The van der Waals surface area contributed by atoms with Crippen molar-refractivity contribution >= 4 is 17.5 Å². The lowest BCUT2D eigenvalue weighted by Gasteiger charge is -2.14. The average molecular weight is 293 g/mol. The van der Waals surface area contributed by atoms with E-state index in [1.54, 1.807) is 25.1 Å². The Morgan fingerprint density at radius 1 is 1.30 bits per heavy atom. The van der Waals surface area contributed by atoms with Gasteiger partial charge in [0.25, 0.3) is 5.91 Å². The molecule has 0 saturated heterocycles. The summed E-state index contributed by atoms with van der Waals surface area (Å²) in [5.41, 5.74) is 1.96. The number of nitrogens with one attached hydrogen (secondary N) is 1. The number of hydrogen-bond donors (Lipinski definition) is 1. The topological polar surface area (TPSA) is 42.0 Å². The van der Waals surface area contributed by atoms with Crippen LogP contribution in [0.3, 0.4) is 0 Å². The molecule has 20 heavy (non-hydrogen) atoms. The minimum atomic E-state index is -0.302. The summed E-state index contributed by atoms with van der Waals surface area (Å²) in [7, 11) is 0. The average Bonchev–Trinajstić information content (AvgIpc) is 2.38. The van der Waals surface area contributed by atoms with Gasteiger partial charge in [-0.3, -0.25) is 4.79 Å². The lowest BCUT2D eigenvalue weighted by Crippen LogP contribution is -2.26. The van der Waals surface area contributed by atoms with Crippen molar-refractivity contribution in [2.24, 2.45) is 0 Å². The van der Waals surface area contributed by atoms with E-state index in [2.05, 4.69) is 10.3 Å². The SMILES string of the molecule is Cc1cc(C(=O)NC(C)c2ccc(F)cc2)cc(Cl)n1. The van der Waals surface area contributed by atoms with Crippen LogP contribution in [0.5, 0.6) is 0 Å². The van der Waals surface area contributed by atoms with Crippen LogP contribution in [0, 0.1) is 12.7 Å². The van der Waals surface area contributed by atoms with Crippen LogP contribution >= 0.6 is 11.6 Å². The van der Waals surface area contributed by atoms with Crippen molar-refractivity contribution < 1.29 is 9.18 Å². The number of rotatable bonds is 3. The predicted octanol–water partition coefficient (Wildman–Crippen LogP) is 3.67. The highest BCUT2D eigenvalue weighted by Crippen LogP contribution is 2.15. The van der Waals surface area contributed by atoms with Crippen LogP contribution in [-0.2, 0) is 0 Å². The molecule has 1 atom stereocenters. The first-order valence-electron chi connectivity index (χ1n) is 6.16. The number of aromatic nitrogens is 1. The monoisotopic (exact) mass is 292 g/mol. The van der Waals surface area contributed by atoms with Gasteiger partial charge in [-0.1, -0.05) is 23.7 Å². The standard InChI is InChI=1S/C15H14ClFN2O/c1-9-7-12(8-14(16)18-9)15(20)19-10(2)11-3-5-13(17)6-4-11/h3-8,10H,1-2H3,(H,19,20). The van der Waals surface area contributed by atoms with E-state index in [1.807, 2.05) is 6.92 Å². The van der Waals surface area contributed by atoms with Crippen LogP contribution in [0.15, 0.2) is 36.4 Å². The summed E-state index contributed by atoms with van der Waals surface area (Å²) in [6, 6.07) is 8.97. The molecule has 0 aliphatic carbocycles. The van der Waals surface area contributed by atoms with Crippen molar-refractivity contribution in [2.75, 3.05) is 0 Å². The third-order valence-corrected chi connectivity index (χ3v) is 3.10. The summed E-state index contributed by atoms with van der Waals surface area (Å²) in [5.74, 6) is -0.543. The van der Waals surface area contributed by atoms with Crippen molar-refractivity contribution in [3.63, 3.8) is 0 Å². The maximum absolute atomic E-state index is 12.9. The second-order valence-corrected chi connectivity index (χ2v) is 4.95. The van der Waals surface area contributed by atoms with Crippen LogP contribution in [-0.4, -0.2) is 10.9 Å². The number of pyridine rings is 1. The maximum atomic E-state index is 12.9. The minimum Gasteiger partial charge on any atom is -0.346 e. The molecule has 2 aromatic rings. The Morgan fingerprint density at radius 3 is 2.55 bits per heavy atom. The molecule has 0 radical (unpaired) electrons. The number of benzene rings is 1. The zero-order valence-corrected chi connectivity index (χ0v) is 11.9. The Hall–Kier alpha value is -1.94. The fraction of sp³-hybridized carbons (Fsp3) is 0.200. The number of carbonyl (C=O) groups excluding carboxylic acids is 1. The number of halogens is 2. The number of aryl methyl sites for hydroxylation is 1. The summed E-state index contributed by atoms with van der Waals surface area (Å²) < 4.78 is 12.9. The van der Waals surface area contributed by atoms with Gasteiger partial charge in [-0.25, -0.2) is 9.37 Å². The lowest BCUT2D eigenvalue weighted by atomic mass is 10.1. The van der Waals surface area contributed by atoms with Gasteiger partial charge in [0.2, 0.25) is 0 Å². The smallest absolute Gasteiger partial charge is 0.251 e. The predicted molar refractivity (Wildman–Crippen MR) is 76.3 cm³/mol. The van der Waals surface area contributed by atoms with Gasteiger partial charge in [-0.15, -0.1) is 0 Å². The molecule has 1 aromatic heterocycles. The third-order valence-electron chi connectivity index (χ3n) is 2.90. The molecule has 104 valence electrons. The third kappa shape index (κ3) is 3.54. The van der Waals surface area contributed by atoms with Crippen LogP contribution in [0.25, 0.3) is 0 Å². The molecular weight excluding hydrogens is 279 g/mol. The van der Waals surface area contributed by atoms with Crippen molar-refractivity contribution in [3.05, 3.63) is 64.2 Å². The molecule has 1 N–H and O–H groups in total. The molecule has 0 saturated carbocycles. The molecule has 1 amide bonds. The van der Waals surface area contributed by atoms with E-state index in [0.717, 1.165) is 5.56 Å². The highest BCUT2D eigenvalue weighted by atomic mass is 35.5. The Labute approximate surface area is 121 Å². The number of amides is 1. The molecule has 0 aliphatic heterocycles. The van der Waals surface area contributed by atoms with Crippen LogP contribution < -0.4 is 5.32 Å². The van der Waals surface area contributed by atoms with Crippen LogP contribution in [0.2, 0.25) is 5.15 Å². The summed E-state index contributed by atoms with van der Waals surface area (Å²) in [6.07, 6.45) is 0. The molecule has 0 spiro atoms. The van der Waals surface area contributed by atoms with E-state index in [0.29, 0.717) is 11.3 Å². The molecule has 5 heteroatoms. The van der Waals surface area contributed by atoms with E-state index >= 15 is 0 Å². The van der Waals surface area contributed by atoms with Gasteiger partial charge in [0, 0.05) is 11.3 Å². The molecule has 0 aliphatic rings. The number of hydrogen-bond acceptors (Lipinski definition) is 2. The van der Waals surface area contributed by atoms with Crippen molar-refractivity contribution in [1.82, 2.24) is 10.3 Å². The fourth-order valence-corrected chi connectivity index (χ4v) is 2.12. The lowest BCUT2D eigenvalue weighted by molar-refractivity contribution is 0.0939. The van der Waals surface area contributed by atoms with Gasteiger partial charge in [-0.2, -0.15) is 0 Å². The quantitative estimate of drug-likeness (QED) is 0.877. The van der Waals surface area contributed by atoms with Crippen LogP contribution in [0.1, 0.15) is 34.6 Å². The largest absolute Gasteiger partial charge is 0.346 e. The maximum Gasteiger partial charge on any atom is 0.251 e. The molecule has 2 rings (SSSR count). The van der Waals surface area contributed by atoms with E-state index in [9.17, 15) is 9.18 Å². The van der Waals surface area contributed by atoms with Gasteiger partial charge >= 0.3 is 0 Å². The van der Waals surface area contributed by atoms with E-state index < -0.39 is 0 Å². The van der Waals surface area contributed by atoms with Crippen molar-refractivity contribution in [1.29, 1.82) is 0 Å². The highest BCUT2D eigenvalue weighted by molar-refractivity contribution is 6.29. The summed E-state index contributed by atoms with van der Waals surface area (Å²) in [6.45, 7) is 3.60. The van der Waals surface area contributed by atoms with E-state index in [-0.39, 0.29) is 22.9 Å². The first-order chi connectivity index (χ1) is 9.45. The van der Waals surface area contributed by atoms with Crippen LogP contribution in [0.4, 0.5) is 4.39 Å². The summed E-state index contributed by atoms with van der Waals surface area (Å²) >= 11 is 5.83. The Morgan fingerprint density at radius 2 is 1.95 bits per heavy atom. The summed E-state index contributed by atoms with van der Waals surface area (Å²) in [4.78, 5) is 16.1. The highest BCUT2D eigenvalue weighted by Gasteiger charge is 2.12. The van der Waals surface area contributed by atoms with Crippen molar-refractivity contribution in [2.45, 2.75) is 19.9 Å². The minimum absolute atomic E-state index is 0.227. The van der Waals surface area contributed by atoms with Gasteiger partial charge in [-0.05, 0) is 43.7 Å². The Bertz CT molecular complexity index is 608. The Kier molecular flexibility index (Phi) is 4.35. The van der Waals surface area contributed by atoms with Gasteiger partial charge in [0.15, 0.2) is 0 Å². The number of carbonyl (C=O) groups is 1. The molecule has 0 fully saturated rings. The normalized spacial score (nSPS) is 12.0. The van der Waals surface area contributed by atoms with Gasteiger partial charge in [0.05, 0.1) is 6.04 Å². The first-order valence-corrected chi connectivity index (χ1v) is 6.54. The van der Waals surface area contributed by atoms with Gasteiger partial charge < -0.3 is 5.32 Å². The molecule has 0 bridgehead atoms. The molecular formula is C15H14ClFN2O.